The highest BCUT2D eigenvalue weighted by Gasteiger charge is 2.59. The molecule has 0 spiro atoms. The molecule has 22 N–H and O–H groups in total. The van der Waals surface area contributed by atoms with Gasteiger partial charge in [-0.2, -0.15) is 0 Å². The van der Waals surface area contributed by atoms with Crippen LogP contribution in [0.5, 0.6) is 0 Å². The number of Topliss-reactive ketones (excluding diaryl/α,β-unsaturated/α-hetero) is 1. The van der Waals surface area contributed by atoms with Gasteiger partial charge in [0.15, 0.2) is 37.7 Å². The molecule has 4 amide bonds. The Morgan fingerprint density at radius 1 is 0.319 bits per heavy atom. The number of aliphatic hydroxyl groups excluding tert-OH is 18. The molecule has 0 radical (unpaired) electrons. The number of nitrogens with one attached hydrogen (secondary N) is 4. The average molecular weight is 1440 g/mol. The molecular weight excluding hydrogens is 1350 g/mol. The van der Waals surface area contributed by atoms with Crippen LogP contribution in [-0.2, 0) is 85.6 Å². The molecule has 7 aliphatic rings. The predicted octanol–water partition coefficient (Wildman–Crippen LogP) is -14.3. The van der Waals surface area contributed by atoms with Crippen LogP contribution in [-0.4, -0.2) is 387 Å². The summed E-state index contributed by atoms with van der Waals surface area (Å²) in [5, 5.41) is 209. The zero-order chi connectivity index (χ0) is 69.5. The molecule has 7 fully saturated rings. The van der Waals surface area contributed by atoms with Gasteiger partial charge in [-0.05, 0) is 0 Å². The maximum atomic E-state index is 12.9. The van der Waals surface area contributed by atoms with Crippen LogP contribution in [0.25, 0.3) is 0 Å². The van der Waals surface area contributed by atoms with E-state index in [1.807, 2.05) is 0 Å². The van der Waals surface area contributed by atoms with E-state index in [2.05, 4.69) is 37.2 Å². The second-order valence-corrected chi connectivity index (χ2v) is 24.1. The predicted molar refractivity (Wildman–Crippen MR) is 299 cm³/mol. The van der Waals surface area contributed by atoms with Crippen LogP contribution in [0, 0.1) is 0 Å². The summed E-state index contributed by atoms with van der Waals surface area (Å²) >= 11 is 3.04. The van der Waals surface area contributed by atoms with Crippen LogP contribution in [0.3, 0.4) is 0 Å². The van der Waals surface area contributed by atoms with Crippen molar-refractivity contribution in [3.05, 3.63) is 0 Å². The largest absolute Gasteiger partial charge is 0.394 e. The normalized spacial score (nSPS) is 46.1. The van der Waals surface area contributed by atoms with Gasteiger partial charge in [-0.3, -0.25) is 24.0 Å². The summed E-state index contributed by atoms with van der Waals surface area (Å²) in [4.78, 5) is 62.6. The molecule has 0 aromatic carbocycles. The standard InChI is InChI=1S/C53H87BrN4O36/c1-14(65)55-27-19(5-18(69)6-54)83-24(11-63)43(38(27)77)90-50-30(58-17(4)68)39(78)44(25(12-64)88-50)91-51-42(81)45(92-53-47(41(80)34(73)23(10-62)87-53)94-49-29(57-16(3)67)37(76)32(71)21(8-60)85-49)35(74)26(89-51)13-82-52-46(40(79)33(72)22(9-61)86-52)93-48-28(56-15(2)66)36(75)31(70)20(7-59)84-48/h19-53,59-64,70-81H,5-13H2,1-4H3,(H,55,65)(H,56,66)(H,57,67)(H,58,68)/t19-,20-,21?,22?,23+,24?,25?,26?,27+,28?,29-,30-,31+,32+,33+,34+,35+,36?,37?,38?,39?,40?,41?,42+,43+,44+,45?,46+,47?,48-,49-,50-,51-,52-,53+/m0/s1. The molecule has 0 saturated carbocycles. The van der Waals surface area contributed by atoms with Gasteiger partial charge in [0.25, 0.3) is 0 Å². The molecule has 7 aliphatic heterocycles. The van der Waals surface area contributed by atoms with Crippen molar-refractivity contribution < 1.29 is 177 Å². The number of aliphatic hydroxyl groups is 18. The third-order valence-electron chi connectivity index (χ3n) is 16.8. The Bertz CT molecular complexity index is 2460. The second-order valence-electron chi connectivity index (χ2n) is 23.6. The fourth-order valence-corrected chi connectivity index (χ4v) is 12.3. The van der Waals surface area contributed by atoms with E-state index in [-0.39, 0.29) is 11.8 Å². The van der Waals surface area contributed by atoms with Gasteiger partial charge in [-0.1, -0.05) is 15.9 Å². The van der Waals surface area contributed by atoms with Crippen LogP contribution in [0.1, 0.15) is 34.1 Å². The van der Waals surface area contributed by atoms with E-state index in [9.17, 15) is 116 Å². The molecule has 35 atom stereocenters. The topological polar surface area (TPSA) is 618 Å². The Labute approximate surface area is 542 Å². The number of halogens is 1. The minimum atomic E-state index is -2.45. The van der Waals surface area contributed by atoms with Gasteiger partial charge in [-0.25, -0.2) is 0 Å². The SMILES string of the molecule is CC(=O)NC1C(O)[C@H](O)[C@H](CO)O[C@H]1O[C@@H]1C(O)[C@H](O)C(CO)O[C@@H]1OCC1O[C@@H](O[C@@H]2C(CO)O[C@@H](O[C@@H]3C(CO)O[C@@H](CC(=O)CBr)[C@@H](NC(C)=O)C3O)[C@@H](NC(C)=O)C2O)[C@H](O)C(O[C@H]2O[C@H](CO)[C@@H](O)C(O)C2O[C@@H]2OC(CO)[C@@H](O)C(O)[C@@H]2NC(C)=O)[C@@H]1O. The highest BCUT2D eigenvalue weighted by atomic mass is 79.9. The highest BCUT2D eigenvalue weighted by Crippen LogP contribution is 2.38. The van der Waals surface area contributed by atoms with E-state index in [4.69, 9.17) is 61.6 Å². The van der Waals surface area contributed by atoms with Gasteiger partial charge in [-0.15, -0.1) is 0 Å². The van der Waals surface area contributed by atoms with E-state index in [1.165, 1.54) is 0 Å². The molecule has 7 saturated heterocycles. The van der Waals surface area contributed by atoms with Crippen molar-refractivity contribution in [2.75, 3.05) is 51.6 Å². The first-order valence-electron chi connectivity index (χ1n) is 29.9. The summed E-state index contributed by atoms with van der Waals surface area (Å²) in [5.74, 6) is -3.65. The molecule has 41 heteroatoms. The number of carbonyl (C=O) groups excluding carboxylic acids is 5. The van der Waals surface area contributed by atoms with E-state index < -0.39 is 290 Å². The molecule has 7 rings (SSSR count). The van der Waals surface area contributed by atoms with E-state index in [1.54, 1.807) is 0 Å². The summed E-state index contributed by atoms with van der Waals surface area (Å²) in [6.45, 7) is -3.05. The molecule has 0 bridgehead atoms. The van der Waals surface area contributed by atoms with Gasteiger partial charge in [0, 0.05) is 34.1 Å². The maximum Gasteiger partial charge on any atom is 0.217 e. The third-order valence-corrected chi connectivity index (χ3v) is 17.5. The van der Waals surface area contributed by atoms with Crippen LogP contribution < -0.4 is 21.3 Å². The lowest BCUT2D eigenvalue weighted by Crippen LogP contribution is -2.70. The van der Waals surface area contributed by atoms with E-state index in [0.717, 1.165) is 27.7 Å². The number of ether oxygens (including phenoxy) is 13. The summed E-state index contributed by atoms with van der Waals surface area (Å²) in [5.41, 5.74) is 0. The lowest BCUT2D eigenvalue weighted by molar-refractivity contribution is -0.395. The zero-order valence-electron chi connectivity index (χ0n) is 50.8. The first-order valence-corrected chi connectivity index (χ1v) is 31.0. The Balaban J connectivity index is 1.25. The quantitative estimate of drug-likeness (QED) is 0.0358. The number of alkyl halides is 1. The summed E-state index contributed by atoms with van der Waals surface area (Å²) in [7, 11) is 0. The highest BCUT2D eigenvalue weighted by molar-refractivity contribution is 9.09. The van der Waals surface area contributed by atoms with Crippen molar-refractivity contribution in [1.82, 2.24) is 21.3 Å². The fourth-order valence-electron chi connectivity index (χ4n) is 12.0. The Hall–Kier alpha value is -3.21. The van der Waals surface area contributed by atoms with Crippen molar-refractivity contribution in [3.8, 4) is 0 Å². The summed E-state index contributed by atoms with van der Waals surface area (Å²) in [6, 6.07) is -6.65. The minimum absolute atomic E-state index is 0.152. The van der Waals surface area contributed by atoms with Gasteiger partial charge in [0.1, 0.15) is 170 Å². The average Bonchev–Trinajstić information content (AvgIpc) is 0.779. The van der Waals surface area contributed by atoms with E-state index in [0.29, 0.717) is 0 Å². The van der Waals surface area contributed by atoms with Crippen molar-refractivity contribution in [2.45, 2.75) is 249 Å². The molecular formula is C53H87BrN4O36. The van der Waals surface area contributed by atoms with Gasteiger partial charge >= 0.3 is 0 Å². The monoisotopic (exact) mass is 1430 g/mol. The molecule has 7 heterocycles. The summed E-state index contributed by atoms with van der Waals surface area (Å²) in [6.07, 6.45) is -61.5. The van der Waals surface area contributed by atoms with E-state index >= 15 is 0 Å². The molecule has 14 unspecified atom stereocenters. The Morgan fingerprint density at radius 2 is 0.638 bits per heavy atom. The number of carbonyl (C=O) groups is 5. The van der Waals surface area contributed by atoms with Crippen molar-refractivity contribution >= 4 is 45.3 Å². The van der Waals surface area contributed by atoms with Gasteiger partial charge in [0.05, 0.1) is 63.7 Å². The fraction of sp³-hybridized carbons (Fsp3) is 0.906. The number of hydrogen-bond acceptors (Lipinski definition) is 36. The first-order chi connectivity index (χ1) is 44.5. The molecule has 0 aliphatic carbocycles. The minimum Gasteiger partial charge on any atom is -0.394 e. The maximum absolute atomic E-state index is 12.9. The van der Waals surface area contributed by atoms with Crippen LogP contribution in [0.2, 0.25) is 0 Å². The number of ketones is 1. The molecule has 40 nitrogen and oxygen atoms in total. The Morgan fingerprint density at radius 3 is 1.06 bits per heavy atom. The lowest BCUT2D eigenvalue weighted by Gasteiger charge is -2.51. The molecule has 94 heavy (non-hydrogen) atoms. The van der Waals surface area contributed by atoms with Gasteiger partial charge in [0.2, 0.25) is 23.6 Å². The van der Waals surface area contributed by atoms with Crippen molar-refractivity contribution in [3.63, 3.8) is 0 Å². The summed E-state index contributed by atoms with van der Waals surface area (Å²) < 4.78 is 77.7. The number of amides is 4. The molecule has 0 aromatic heterocycles. The van der Waals surface area contributed by atoms with Crippen molar-refractivity contribution in [2.24, 2.45) is 0 Å². The van der Waals surface area contributed by atoms with Crippen LogP contribution in [0.4, 0.5) is 0 Å². The van der Waals surface area contributed by atoms with Crippen LogP contribution >= 0.6 is 15.9 Å². The lowest BCUT2D eigenvalue weighted by atomic mass is 9.89. The smallest absolute Gasteiger partial charge is 0.217 e. The molecule has 542 valence electrons. The number of hydrogen-bond donors (Lipinski definition) is 22. The Kier molecular flexibility index (Phi) is 28.9. The first kappa shape index (κ1) is 78.1. The third kappa shape index (κ3) is 17.9. The second kappa shape index (κ2) is 34.7. The zero-order valence-corrected chi connectivity index (χ0v) is 52.4. The van der Waals surface area contributed by atoms with Crippen LogP contribution in [0.15, 0.2) is 0 Å². The van der Waals surface area contributed by atoms with Crippen molar-refractivity contribution in [1.29, 1.82) is 0 Å². The van der Waals surface area contributed by atoms with Gasteiger partial charge < -0.3 is 175 Å². The number of rotatable bonds is 26. The molecule has 0 aromatic rings.